The van der Waals surface area contributed by atoms with Crippen LogP contribution in [0.3, 0.4) is 0 Å². The van der Waals surface area contributed by atoms with E-state index in [9.17, 15) is 19.8 Å². The molecule has 0 spiro atoms. The predicted octanol–water partition coefficient (Wildman–Crippen LogP) is 4.84. The highest BCUT2D eigenvalue weighted by Gasteiger charge is 2.34. The van der Waals surface area contributed by atoms with Gasteiger partial charge in [0.1, 0.15) is 11.9 Å². The Hall–Kier alpha value is -3.39. The number of carbonyl (C=O) groups excluding carboxylic acids is 1. The Bertz CT molecular complexity index is 1250. The number of hydrogen-bond donors (Lipinski definition) is 2. The van der Waals surface area contributed by atoms with Gasteiger partial charge in [0.2, 0.25) is 0 Å². The molecule has 0 radical (unpaired) electrons. The molecule has 1 aromatic heterocycles. The summed E-state index contributed by atoms with van der Waals surface area (Å²) >= 11 is 0. The van der Waals surface area contributed by atoms with Gasteiger partial charge in [0, 0.05) is 17.6 Å². The first-order chi connectivity index (χ1) is 16.9. The number of imidazole rings is 1. The van der Waals surface area contributed by atoms with E-state index in [0.717, 1.165) is 40.7 Å². The van der Waals surface area contributed by atoms with Crippen LogP contribution in [0.2, 0.25) is 0 Å². The maximum absolute atomic E-state index is 12.6. The van der Waals surface area contributed by atoms with Crippen LogP contribution in [0.15, 0.2) is 42.5 Å². The number of rotatable bonds is 4. The van der Waals surface area contributed by atoms with E-state index in [0.29, 0.717) is 31.5 Å². The van der Waals surface area contributed by atoms with Crippen molar-refractivity contribution in [2.45, 2.75) is 63.6 Å². The van der Waals surface area contributed by atoms with Crippen molar-refractivity contribution in [3.8, 4) is 0 Å². The lowest BCUT2D eigenvalue weighted by molar-refractivity contribution is -0.143. The number of methoxy groups -OCH3 is 1. The molecule has 0 saturated heterocycles. The largest absolute Gasteiger partial charge is 0.481 e. The number of aliphatic hydroxyl groups is 1. The van der Waals surface area contributed by atoms with Crippen LogP contribution < -0.4 is 4.90 Å². The van der Waals surface area contributed by atoms with Gasteiger partial charge in [-0.3, -0.25) is 9.69 Å². The smallest absolute Gasteiger partial charge is 0.414 e. The second-order valence-corrected chi connectivity index (χ2v) is 9.66. The molecule has 0 unspecified atom stereocenters. The van der Waals surface area contributed by atoms with E-state index in [2.05, 4.69) is 4.57 Å². The number of fused-ring (bicyclic) bond motifs is 3. The summed E-state index contributed by atoms with van der Waals surface area (Å²) in [5, 5.41) is 20.9. The first kappa shape index (κ1) is 23.4. The minimum Gasteiger partial charge on any atom is -0.481 e. The third-order valence-corrected chi connectivity index (χ3v) is 7.62. The van der Waals surface area contributed by atoms with Gasteiger partial charge in [-0.05, 0) is 63.1 Å². The fraction of sp³-hybridized carbons (Fsp3) is 0.444. The molecule has 2 heterocycles. The number of benzene rings is 2. The third kappa shape index (κ3) is 4.05. The zero-order chi connectivity index (χ0) is 24.7. The number of aromatic nitrogens is 2. The number of carbonyl (C=O) groups is 2. The minimum absolute atomic E-state index is 0.00941. The number of aryl methyl sites for hydroxylation is 1. The molecule has 3 aromatic rings. The summed E-state index contributed by atoms with van der Waals surface area (Å²) in [7, 11) is 1.39. The Labute approximate surface area is 204 Å². The molecule has 1 fully saturated rings. The standard InChI is InChI=1S/C27H31N3O5/c1-16-8-13-20-21(29(16)27(34)35-2)14-15-22-23(20)28-25(24(31)17-6-4-3-5-7-17)30(22)19-11-9-18(10-12-19)26(32)33/h3-7,14-16,18-19,24,31H,8-13H2,1-2H3,(H,32,33)/t16-,18?,19?,24+/m0/s1. The predicted molar refractivity (Wildman–Crippen MR) is 132 cm³/mol. The molecule has 2 aliphatic rings. The molecule has 8 nitrogen and oxygen atoms in total. The molecule has 184 valence electrons. The van der Waals surface area contributed by atoms with Crippen molar-refractivity contribution in [1.82, 2.24) is 9.55 Å². The normalized spacial score (nSPS) is 23.1. The van der Waals surface area contributed by atoms with Crippen molar-refractivity contribution < 1.29 is 24.5 Å². The van der Waals surface area contributed by atoms with Gasteiger partial charge in [0.25, 0.3) is 0 Å². The molecule has 2 atom stereocenters. The first-order valence-corrected chi connectivity index (χ1v) is 12.3. The molecule has 8 heteroatoms. The Morgan fingerprint density at radius 1 is 1.06 bits per heavy atom. The highest BCUT2D eigenvalue weighted by atomic mass is 16.5. The van der Waals surface area contributed by atoms with Crippen LogP contribution in [0.5, 0.6) is 0 Å². The number of nitrogens with zero attached hydrogens (tertiary/aromatic N) is 3. The lowest BCUT2D eigenvalue weighted by atomic mass is 9.85. The number of hydrogen-bond acceptors (Lipinski definition) is 5. The summed E-state index contributed by atoms with van der Waals surface area (Å²) in [5.74, 6) is -0.511. The molecule has 35 heavy (non-hydrogen) atoms. The SMILES string of the molecule is COC(=O)N1c2ccc3c(nc([C@H](O)c4ccccc4)n3C3CCC(C(=O)O)CC3)c2CC[C@@H]1C. The van der Waals surface area contributed by atoms with Gasteiger partial charge < -0.3 is 19.5 Å². The maximum Gasteiger partial charge on any atom is 0.414 e. The van der Waals surface area contributed by atoms with Gasteiger partial charge in [-0.1, -0.05) is 30.3 Å². The molecular formula is C27H31N3O5. The number of ether oxygens (including phenoxy) is 1. The van der Waals surface area contributed by atoms with Crippen LogP contribution in [0.25, 0.3) is 11.0 Å². The van der Waals surface area contributed by atoms with Gasteiger partial charge in [-0.25, -0.2) is 9.78 Å². The molecule has 1 saturated carbocycles. The van der Waals surface area contributed by atoms with Crippen molar-refractivity contribution in [3.63, 3.8) is 0 Å². The summed E-state index contributed by atoms with van der Waals surface area (Å²) < 4.78 is 7.17. The lowest BCUT2D eigenvalue weighted by Crippen LogP contribution is -2.42. The van der Waals surface area contributed by atoms with Crippen molar-refractivity contribution >= 4 is 28.8 Å². The van der Waals surface area contributed by atoms with Crippen molar-refractivity contribution in [2.24, 2.45) is 5.92 Å². The summed E-state index contributed by atoms with van der Waals surface area (Å²) in [6.45, 7) is 2.01. The molecule has 1 amide bonds. The lowest BCUT2D eigenvalue weighted by Gasteiger charge is -2.34. The zero-order valence-corrected chi connectivity index (χ0v) is 20.1. The number of anilines is 1. The highest BCUT2D eigenvalue weighted by molar-refractivity contribution is 5.95. The first-order valence-electron chi connectivity index (χ1n) is 12.3. The fourth-order valence-electron chi connectivity index (χ4n) is 5.73. The second kappa shape index (κ2) is 9.34. The summed E-state index contributed by atoms with van der Waals surface area (Å²) in [5.41, 5.74) is 4.22. The van der Waals surface area contributed by atoms with Gasteiger partial charge >= 0.3 is 12.1 Å². The van der Waals surface area contributed by atoms with Crippen molar-refractivity contribution in [1.29, 1.82) is 0 Å². The monoisotopic (exact) mass is 477 g/mol. The molecule has 1 aliphatic heterocycles. The number of amides is 1. The van der Waals surface area contributed by atoms with E-state index in [1.165, 1.54) is 7.11 Å². The highest BCUT2D eigenvalue weighted by Crippen LogP contribution is 2.42. The summed E-state index contributed by atoms with van der Waals surface area (Å²) in [4.78, 5) is 30.8. The van der Waals surface area contributed by atoms with Crippen LogP contribution in [0.4, 0.5) is 10.5 Å². The van der Waals surface area contributed by atoms with Crippen LogP contribution in [-0.4, -0.2) is 45.0 Å². The summed E-state index contributed by atoms with van der Waals surface area (Å²) in [6.07, 6.45) is 2.85. The van der Waals surface area contributed by atoms with E-state index in [1.54, 1.807) is 4.90 Å². The Balaban J connectivity index is 1.65. The summed E-state index contributed by atoms with van der Waals surface area (Å²) in [6, 6.07) is 13.4. The number of carboxylic acids is 1. The van der Waals surface area contributed by atoms with Crippen molar-refractivity contribution in [2.75, 3.05) is 12.0 Å². The molecule has 1 aliphatic carbocycles. The fourth-order valence-corrected chi connectivity index (χ4v) is 5.73. The average molecular weight is 478 g/mol. The van der Waals surface area contributed by atoms with E-state index < -0.39 is 18.2 Å². The molecule has 5 rings (SSSR count). The van der Waals surface area contributed by atoms with Gasteiger partial charge in [-0.2, -0.15) is 0 Å². The average Bonchev–Trinajstić information content (AvgIpc) is 3.28. The number of aliphatic carboxylic acids is 1. The van der Waals surface area contributed by atoms with E-state index in [1.807, 2.05) is 49.4 Å². The molecular weight excluding hydrogens is 446 g/mol. The van der Waals surface area contributed by atoms with E-state index >= 15 is 0 Å². The number of carboxylic acid groups (broad SMARTS) is 1. The van der Waals surface area contributed by atoms with E-state index in [4.69, 9.17) is 9.72 Å². The van der Waals surface area contributed by atoms with Crippen LogP contribution in [0, 0.1) is 5.92 Å². The number of aliphatic hydroxyl groups excluding tert-OH is 1. The topological polar surface area (TPSA) is 105 Å². The maximum atomic E-state index is 12.6. The van der Waals surface area contributed by atoms with E-state index in [-0.39, 0.29) is 18.0 Å². The van der Waals surface area contributed by atoms with Crippen LogP contribution in [-0.2, 0) is 16.0 Å². The van der Waals surface area contributed by atoms with Crippen molar-refractivity contribution in [3.05, 3.63) is 59.4 Å². The Morgan fingerprint density at radius 3 is 2.43 bits per heavy atom. The minimum atomic E-state index is -0.921. The van der Waals surface area contributed by atoms with Gasteiger partial charge in [-0.15, -0.1) is 0 Å². The Morgan fingerprint density at radius 2 is 1.77 bits per heavy atom. The molecule has 2 aromatic carbocycles. The van der Waals surface area contributed by atoms with Crippen LogP contribution in [0.1, 0.15) is 68.1 Å². The molecule has 0 bridgehead atoms. The quantitative estimate of drug-likeness (QED) is 0.557. The second-order valence-electron chi connectivity index (χ2n) is 9.66. The molecule has 2 N–H and O–H groups in total. The van der Waals surface area contributed by atoms with Crippen LogP contribution >= 0.6 is 0 Å². The zero-order valence-electron chi connectivity index (χ0n) is 20.1. The third-order valence-electron chi connectivity index (χ3n) is 7.62. The van der Waals surface area contributed by atoms with Gasteiger partial charge in [0.15, 0.2) is 0 Å². The van der Waals surface area contributed by atoms with Gasteiger partial charge in [0.05, 0.1) is 29.7 Å². The Kier molecular flexibility index (Phi) is 6.23.